The van der Waals surface area contributed by atoms with Gasteiger partial charge in [-0.15, -0.1) is 0 Å². The molecule has 0 fully saturated rings. The van der Waals surface area contributed by atoms with Crippen LogP contribution in [-0.2, 0) is 40.0 Å². The lowest BCUT2D eigenvalue weighted by Crippen LogP contribution is -2.54. The van der Waals surface area contributed by atoms with Crippen LogP contribution >= 0.6 is 0 Å². The highest BCUT2D eigenvalue weighted by molar-refractivity contribution is 6.12. The van der Waals surface area contributed by atoms with Crippen molar-refractivity contribution in [1.82, 2.24) is 20.9 Å². The molecule has 6 N–H and O–H groups in total. The van der Waals surface area contributed by atoms with E-state index in [-0.39, 0.29) is 63.8 Å². The van der Waals surface area contributed by atoms with Crippen LogP contribution in [-0.4, -0.2) is 96.7 Å². The van der Waals surface area contributed by atoms with Gasteiger partial charge in [0, 0.05) is 36.5 Å². The van der Waals surface area contributed by atoms with Crippen molar-refractivity contribution >= 4 is 53.3 Å². The van der Waals surface area contributed by atoms with Gasteiger partial charge in [0.1, 0.15) is 31.0 Å². The number of nitro benzene ring substituents is 1. The van der Waals surface area contributed by atoms with E-state index in [0.29, 0.717) is 11.3 Å². The first-order valence-corrected chi connectivity index (χ1v) is 16.6. The summed E-state index contributed by atoms with van der Waals surface area (Å²) in [5.74, 6) is -2.54. The fourth-order valence-corrected chi connectivity index (χ4v) is 4.67. The molecule has 20 heteroatoms. The molecule has 2 aromatic rings. The third kappa shape index (κ3) is 14.2. The second-order valence-electron chi connectivity index (χ2n) is 11.8. The second-order valence-corrected chi connectivity index (χ2v) is 11.8. The standard InChI is InChI=1S/C34H41N7O13/c1-21(2)29(39-33(47)52-19-18-51-17-16-40-27(42)13-14-28(40)43)31(45)38-26(4-3-15-36-32(35)46)30(44)37-23-7-5-22(6-8-23)20-53-34(48)54-25-11-9-24(10-12-25)41(49)50/h5-14,21,26,29H,3-4,15-20H2,1-2H3,(H,37,44)(H,38,45)(H,39,47)(H3,35,36,46). The number of hydrogen-bond acceptors (Lipinski definition) is 13. The molecular formula is C34H41N7O13. The van der Waals surface area contributed by atoms with Crippen molar-refractivity contribution < 1.29 is 57.4 Å². The van der Waals surface area contributed by atoms with Crippen molar-refractivity contribution in [2.75, 3.05) is 38.2 Å². The molecule has 0 spiro atoms. The van der Waals surface area contributed by atoms with Crippen LogP contribution in [0.1, 0.15) is 32.3 Å². The Morgan fingerprint density at radius 1 is 0.870 bits per heavy atom. The Bertz CT molecular complexity index is 1680. The molecule has 1 aliphatic rings. The van der Waals surface area contributed by atoms with E-state index in [1.807, 2.05) is 0 Å². The van der Waals surface area contributed by atoms with Gasteiger partial charge in [0.2, 0.25) is 11.8 Å². The summed E-state index contributed by atoms with van der Waals surface area (Å²) in [4.78, 5) is 96.7. The monoisotopic (exact) mass is 755 g/mol. The number of rotatable bonds is 20. The minimum atomic E-state index is -1.11. The summed E-state index contributed by atoms with van der Waals surface area (Å²) >= 11 is 0. The number of nitrogens with one attached hydrogen (secondary N) is 4. The van der Waals surface area contributed by atoms with E-state index in [0.717, 1.165) is 17.1 Å². The topological polar surface area (TPSA) is 277 Å². The largest absolute Gasteiger partial charge is 0.514 e. The zero-order valence-corrected chi connectivity index (χ0v) is 29.4. The number of urea groups is 1. The number of ether oxygens (including phenoxy) is 4. The average Bonchev–Trinajstić information content (AvgIpc) is 3.45. The Morgan fingerprint density at radius 2 is 1.54 bits per heavy atom. The molecule has 0 saturated carbocycles. The van der Waals surface area contributed by atoms with Crippen molar-refractivity contribution in [3.05, 3.63) is 76.4 Å². The summed E-state index contributed by atoms with van der Waals surface area (Å²) in [5, 5.41) is 21.0. The van der Waals surface area contributed by atoms with Gasteiger partial charge in [0.25, 0.3) is 17.5 Å². The average molecular weight is 756 g/mol. The zero-order chi connectivity index (χ0) is 39.6. The number of anilines is 1. The van der Waals surface area contributed by atoms with Crippen LogP contribution in [0.25, 0.3) is 0 Å². The van der Waals surface area contributed by atoms with E-state index >= 15 is 0 Å². The van der Waals surface area contributed by atoms with Crippen molar-refractivity contribution in [2.24, 2.45) is 11.7 Å². The van der Waals surface area contributed by atoms with Gasteiger partial charge in [-0.05, 0) is 48.6 Å². The lowest BCUT2D eigenvalue weighted by Gasteiger charge is -2.25. The molecular weight excluding hydrogens is 714 g/mol. The van der Waals surface area contributed by atoms with Crippen LogP contribution in [0.4, 0.5) is 25.8 Å². The quantitative estimate of drug-likeness (QED) is 0.0323. The molecule has 0 saturated heterocycles. The maximum Gasteiger partial charge on any atom is 0.514 e. The second kappa shape index (κ2) is 21.1. The molecule has 1 aliphatic heterocycles. The van der Waals surface area contributed by atoms with Gasteiger partial charge in [-0.3, -0.25) is 34.2 Å². The van der Waals surface area contributed by atoms with Gasteiger partial charge in [0.05, 0.1) is 24.7 Å². The number of amides is 7. The first kappa shape index (κ1) is 41.8. The Morgan fingerprint density at radius 3 is 2.15 bits per heavy atom. The molecule has 3 rings (SSSR count). The number of nitrogens with zero attached hydrogens (tertiary/aromatic N) is 2. The Hall–Kier alpha value is -6.57. The van der Waals surface area contributed by atoms with E-state index in [1.54, 1.807) is 26.0 Å². The predicted molar refractivity (Wildman–Crippen MR) is 188 cm³/mol. The number of nitro groups is 1. The number of non-ortho nitro benzene ring substituents is 1. The van der Waals surface area contributed by atoms with Crippen LogP contribution < -0.4 is 31.7 Å². The molecule has 2 unspecified atom stereocenters. The highest BCUT2D eigenvalue weighted by atomic mass is 16.7. The molecule has 54 heavy (non-hydrogen) atoms. The van der Waals surface area contributed by atoms with Crippen molar-refractivity contribution in [1.29, 1.82) is 0 Å². The minimum Gasteiger partial charge on any atom is -0.447 e. The van der Waals surface area contributed by atoms with Gasteiger partial charge < -0.3 is 45.9 Å². The third-order valence-corrected chi connectivity index (χ3v) is 7.47. The lowest BCUT2D eigenvalue weighted by molar-refractivity contribution is -0.384. The van der Waals surface area contributed by atoms with Crippen molar-refractivity contribution in [3.8, 4) is 5.75 Å². The number of imide groups is 1. The zero-order valence-electron chi connectivity index (χ0n) is 29.4. The van der Waals surface area contributed by atoms with Gasteiger partial charge in [0.15, 0.2) is 0 Å². The summed E-state index contributed by atoms with van der Waals surface area (Å²) in [7, 11) is 0. The number of primary amides is 1. The summed E-state index contributed by atoms with van der Waals surface area (Å²) < 4.78 is 20.5. The number of nitrogens with two attached hydrogens (primary N) is 1. The first-order valence-electron chi connectivity index (χ1n) is 16.6. The Labute approximate surface area is 308 Å². The van der Waals surface area contributed by atoms with E-state index in [2.05, 4.69) is 21.3 Å². The molecule has 20 nitrogen and oxygen atoms in total. The number of hydrogen-bond donors (Lipinski definition) is 5. The Kier molecular flexibility index (Phi) is 16.3. The molecule has 2 atom stereocenters. The van der Waals surface area contributed by atoms with Gasteiger partial charge in [-0.25, -0.2) is 14.4 Å². The Balaban J connectivity index is 1.50. The van der Waals surface area contributed by atoms with E-state index in [9.17, 15) is 43.7 Å². The molecule has 0 aromatic heterocycles. The summed E-state index contributed by atoms with van der Waals surface area (Å²) in [5.41, 5.74) is 5.83. The molecule has 7 amide bonds. The number of benzene rings is 2. The van der Waals surface area contributed by atoms with Crippen molar-refractivity contribution in [2.45, 2.75) is 45.4 Å². The molecule has 0 bridgehead atoms. The van der Waals surface area contributed by atoms with Crippen LogP contribution in [0.2, 0.25) is 0 Å². The van der Waals surface area contributed by atoms with Crippen LogP contribution in [0.5, 0.6) is 5.75 Å². The van der Waals surface area contributed by atoms with Gasteiger partial charge in [-0.1, -0.05) is 26.0 Å². The smallest absolute Gasteiger partial charge is 0.447 e. The van der Waals surface area contributed by atoms with E-state index in [4.69, 9.17) is 24.7 Å². The van der Waals surface area contributed by atoms with Crippen LogP contribution in [0.15, 0.2) is 60.7 Å². The number of alkyl carbamates (subject to hydrolysis) is 1. The number of carbonyl (C=O) groups excluding carboxylic acids is 7. The predicted octanol–water partition coefficient (Wildman–Crippen LogP) is 1.87. The molecule has 0 radical (unpaired) electrons. The summed E-state index contributed by atoms with van der Waals surface area (Å²) in [6.45, 7) is 3.13. The van der Waals surface area contributed by atoms with Gasteiger partial charge >= 0.3 is 18.3 Å². The van der Waals surface area contributed by atoms with Gasteiger partial charge in [-0.2, -0.15) is 0 Å². The highest BCUT2D eigenvalue weighted by Crippen LogP contribution is 2.18. The maximum absolute atomic E-state index is 13.3. The SMILES string of the molecule is CC(C)C(NC(=O)OCCOCCN1C(=O)C=CC1=O)C(=O)NC(CCCNC(N)=O)C(=O)Nc1ccc(COC(=O)Oc2ccc([N+](=O)[O-])cc2)cc1. The fourth-order valence-electron chi connectivity index (χ4n) is 4.67. The third-order valence-electron chi connectivity index (χ3n) is 7.47. The summed E-state index contributed by atoms with van der Waals surface area (Å²) in [6.07, 6.45) is 0.691. The lowest BCUT2D eigenvalue weighted by atomic mass is 10.0. The normalized spacial score (nSPS) is 13.1. The van der Waals surface area contributed by atoms with E-state index in [1.165, 1.54) is 36.4 Å². The molecule has 1 heterocycles. The molecule has 290 valence electrons. The number of carbonyl (C=O) groups is 7. The maximum atomic E-state index is 13.3. The van der Waals surface area contributed by atoms with Crippen LogP contribution in [0.3, 0.4) is 0 Å². The van der Waals surface area contributed by atoms with Crippen molar-refractivity contribution in [3.63, 3.8) is 0 Å². The molecule has 0 aliphatic carbocycles. The minimum absolute atomic E-state index is 0.0301. The fraction of sp³-hybridized carbons (Fsp3) is 0.382. The van der Waals surface area contributed by atoms with Crippen LogP contribution in [0, 0.1) is 16.0 Å². The summed E-state index contributed by atoms with van der Waals surface area (Å²) in [6, 6.07) is 8.09. The van der Waals surface area contributed by atoms with E-state index < -0.39 is 64.8 Å². The molecule has 2 aromatic carbocycles. The highest BCUT2D eigenvalue weighted by Gasteiger charge is 2.29. The first-order chi connectivity index (χ1) is 25.7.